The summed E-state index contributed by atoms with van der Waals surface area (Å²) in [6.07, 6.45) is 2.22. The molecular formula is C18H21FN2. The molecule has 2 aromatic carbocycles. The summed E-state index contributed by atoms with van der Waals surface area (Å²) in [4.78, 5) is 2.38. The Hall–Kier alpha value is -1.71. The fraction of sp³-hybridized carbons (Fsp3) is 0.333. The average molecular weight is 284 g/mol. The van der Waals surface area contributed by atoms with Gasteiger partial charge in [-0.05, 0) is 48.2 Å². The summed E-state index contributed by atoms with van der Waals surface area (Å²) < 4.78 is 13.5. The Kier molecular flexibility index (Phi) is 4.32. The zero-order chi connectivity index (χ0) is 14.7. The first kappa shape index (κ1) is 14.2. The number of hydrogen-bond donors (Lipinski definition) is 1. The summed E-state index contributed by atoms with van der Waals surface area (Å²) in [6.45, 7) is 2.38. The largest absolute Gasteiger partial charge is 0.329 e. The fourth-order valence-corrected chi connectivity index (χ4v) is 3.20. The molecule has 2 aromatic rings. The van der Waals surface area contributed by atoms with Crippen molar-refractivity contribution in [3.05, 3.63) is 71.0 Å². The first-order valence-corrected chi connectivity index (χ1v) is 7.54. The van der Waals surface area contributed by atoms with E-state index in [1.165, 1.54) is 17.2 Å². The Bertz CT molecular complexity index is 612. The van der Waals surface area contributed by atoms with Crippen molar-refractivity contribution in [3.8, 4) is 0 Å². The van der Waals surface area contributed by atoms with Gasteiger partial charge in [0.2, 0.25) is 0 Å². The molecule has 21 heavy (non-hydrogen) atoms. The van der Waals surface area contributed by atoms with E-state index in [0.717, 1.165) is 31.5 Å². The highest BCUT2D eigenvalue weighted by atomic mass is 19.1. The van der Waals surface area contributed by atoms with Crippen LogP contribution in [0.2, 0.25) is 0 Å². The Morgan fingerprint density at radius 3 is 2.67 bits per heavy atom. The molecule has 1 atom stereocenters. The molecule has 2 N–H and O–H groups in total. The van der Waals surface area contributed by atoms with Crippen molar-refractivity contribution in [2.45, 2.75) is 25.4 Å². The topological polar surface area (TPSA) is 29.3 Å². The molecule has 110 valence electrons. The van der Waals surface area contributed by atoms with Gasteiger partial charge in [-0.3, -0.25) is 4.90 Å². The van der Waals surface area contributed by atoms with Crippen LogP contribution in [-0.4, -0.2) is 18.0 Å². The molecule has 0 amide bonds. The number of nitrogens with zero attached hydrogens (tertiary/aromatic N) is 1. The van der Waals surface area contributed by atoms with Crippen molar-refractivity contribution in [1.29, 1.82) is 0 Å². The smallest absolute Gasteiger partial charge is 0.123 e. The van der Waals surface area contributed by atoms with Gasteiger partial charge in [-0.1, -0.05) is 36.4 Å². The molecule has 0 aliphatic carbocycles. The Balaban J connectivity index is 1.88. The van der Waals surface area contributed by atoms with Gasteiger partial charge in [-0.2, -0.15) is 0 Å². The van der Waals surface area contributed by atoms with Crippen molar-refractivity contribution < 1.29 is 4.39 Å². The third-order valence-electron chi connectivity index (χ3n) is 4.28. The predicted octanol–water partition coefficient (Wildman–Crippen LogP) is 3.27. The molecule has 0 fully saturated rings. The lowest BCUT2D eigenvalue weighted by atomic mass is 10.0. The molecule has 0 saturated heterocycles. The Morgan fingerprint density at radius 2 is 1.90 bits per heavy atom. The van der Waals surface area contributed by atoms with Crippen molar-refractivity contribution in [1.82, 2.24) is 4.90 Å². The van der Waals surface area contributed by atoms with Gasteiger partial charge < -0.3 is 5.73 Å². The van der Waals surface area contributed by atoms with Gasteiger partial charge in [0.25, 0.3) is 0 Å². The maximum atomic E-state index is 13.5. The quantitative estimate of drug-likeness (QED) is 0.937. The Labute approximate surface area is 125 Å². The third kappa shape index (κ3) is 3.14. The molecule has 1 aliphatic rings. The first-order valence-electron chi connectivity index (χ1n) is 7.54. The molecule has 0 radical (unpaired) electrons. The number of benzene rings is 2. The van der Waals surface area contributed by atoms with E-state index in [9.17, 15) is 4.39 Å². The van der Waals surface area contributed by atoms with Gasteiger partial charge >= 0.3 is 0 Å². The molecule has 1 unspecified atom stereocenters. The van der Waals surface area contributed by atoms with Crippen LogP contribution in [0.3, 0.4) is 0 Å². The van der Waals surface area contributed by atoms with Crippen molar-refractivity contribution >= 4 is 0 Å². The first-order chi connectivity index (χ1) is 10.3. The second-order valence-corrected chi connectivity index (χ2v) is 5.65. The van der Waals surface area contributed by atoms with Crippen LogP contribution in [-0.2, 0) is 13.0 Å². The summed E-state index contributed by atoms with van der Waals surface area (Å²) in [5, 5.41) is 0. The van der Waals surface area contributed by atoms with Crippen LogP contribution in [0.15, 0.2) is 48.5 Å². The number of halogens is 1. The monoisotopic (exact) mass is 284 g/mol. The van der Waals surface area contributed by atoms with Crippen LogP contribution >= 0.6 is 0 Å². The molecule has 1 heterocycles. The minimum absolute atomic E-state index is 0.0758. The molecule has 3 rings (SSSR count). The van der Waals surface area contributed by atoms with E-state index in [1.54, 1.807) is 12.1 Å². The summed E-state index contributed by atoms with van der Waals surface area (Å²) >= 11 is 0. The lowest BCUT2D eigenvalue weighted by Crippen LogP contribution is -2.33. The predicted molar refractivity (Wildman–Crippen MR) is 83.4 cm³/mol. The zero-order valence-electron chi connectivity index (χ0n) is 12.1. The van der Waals surface area contributed by atoms with Gasteiger partial charge in [0, 0.05) is 19.1 Å². The van der Waals surface area contributed by atoms with Crippen LogP contribution in [0.25, 0.3) is 0 Å². The summed E-state index contributed by atoms with van der Waals surface area (Å²) in [7, 11) is 0. The SMILES string of the molecule is NCC(c1cccc(F)c1)N1CCCc2ccccc2C1. The summed E-state index contributed by atoms with van der Waals surface area (Å²) in [5.41, 5.74) is 9.75. The van der Waals surface area contributed by atoms with Gasteiger partial charge in [0.1, 0.15) is 5.82 Å². The lowest BCUT2D eigenvalue weighted by Gasteiger charge is -2.30. The van der Waals surface area contributed by atoms with Crippen molar-refractivity contribution in [2.24, 2.45) is 5.73 Å². The second kappa shape index (κ2) is 6.37. The maximum Gasteiger partial charge on any atom is 0.123 e. The van der Waals surface area contributed by atoms with E-state index in [0.29, 0.717) is 6.54 Å². The highest BCUT2D eigenvalue weighted by Crippen LogP contribution is 2.27. The molecule has 0 bridgehead atoms. The van der Waals surface area contributed by atoms with E-state index in [4.69, 9.17) is 5.73 Å². The van der Waals surface area contributed by atoms with E-state index in [-0.39, 0.29) is 11.9 Å². The highest BCUT2D eigenvalue weighted by Gasteiger charge is 2.22. The lowest BCUT2D eigenvalue weighted by molar-refractivity contribution is 0.195. The minimum atomic E-state index is -0.193. The zero-order valence-corrected chi connectivity index (χ0v) is 12.1. The molecule has 3 heteroatoms. The average Bonchev–Trinajstić information content (AvgIpc) is 2.70. The highest BCUT2D eigenvalue weighted by molar-refractivity contribution is 5.29. The van der Waals surface area contributed by atoms with Crippen molar-refractivity contribution in [3.63, 3.8) is 0 Å². The van der Waals surface area contributed by atoms with E-state index in [2.05, 4.69) is 29.2 Å². The van der Waals surface area contributed by atoms with E-state index < -0.39 is 0 Å². The van der Waals surface area contributed by atoms with Crippen LogP contribution in [0, 0.1) is 5.82 Å². The van der Waals surface area contributed by atoms with Gasteiger partial charge in [0.05, 0.1) is 0 Å². The van der Waals surface area contributed by atoms with Crippen LogP contribution in [0.4, 0.5) is 4.39 Å². The molecule has 0 saturated carbocycles. The number of hydrogen-bond acceptors (Lipinski definition) is 2. The maximum absolute atomic E-state index is 13.5. The van der Waals surface area contributed by atoms with Gasteiger partial charge in [0.15, 0.2) is 0 Å². The van der Waals surface area contributed by atoms with E-state index >= 15 is 0 Å². The summed E-state index contributed by atoms with van der Waals surface area (Å²) in [6, 6.07) is 15.5. The van der Waals surface area contributed by atoms with Gasteiger partial charge in [-0.25, -0.2) is 4.39 Å². The van der Waals surface area contributed by atoms with Crippen LogP contribution < -0.4 is 5.73 Å². The normalized spacial score (nSPS) is 17.0. The number of rotatable bonds is 3. The summed E-state index contributed by atoms with van der Waals surface area (Å²) in [5.74, 6) is -0.193. The molecule has 0 spiro atoms. The fourth-order valence-electron chi connectivity index (χ4n) is 3.20. The molecule has 0 aromatic heterocycles. The number of aryl methyl sites for hydroxylation is 1. The standard InChI is InChI=1S/C18H21FN2/c19-17-9-3-7-15(11-17)18(12-20)21-10-4-8-14-5-1-2-6-16(14)13-21/h1-3,5-7,9,11,18H,4,8,10,12-13,20H2. The number of nitrogens with two attached hydrogens (primary N) is 1. The minimum Gasteiger partial charge on any atom is -0.329 e. The van der Waals surface area contributed by atoms with Crippen LogP contribution in [0.1, 0.15) is 29.2 Å². The third-order valence-corrected chi connectivity index (χ3v) is 4.28. The molecule has 1 aliphatic heterocycles. The second-order valence-electron chi connectivity index (χ2n) is 5.65. The van der Waals surface area contributed by atoms with E-state index in [1.807, 2.05) is 6.07 Å². The molecule has 2 nitrogen and oxygen atoms in total. The Morgan fingerprint density at radius 1 is 1.10 bits per heavy atom. The van der Waals surface area contributed by atoms with Crippen LogP contribution in [0.5, 0.6) is 0 Å². The van der Waals surface area contributed by atoms with Gasteiger partial charge in [-0.15, -0.1) is 0 Å². The number of fused-ring (bicyclic) bond motifs is 1. The molecular weight excluding hydrogens is 263 g/mol. The van der Waals surface area contributed by atoms with Crippen molar-refractivity contribution in [2.75, 3.05) is 13.1 Å².